The van der Waals surface area contributed by atoms with Gasteiger partial charge in [0.2, 0.25) is 0 Å². The number of hydrogen-bond donors (Lipinski definition) is 2. The maximum atomic E-state index is 13.2. The van der Waals surface area contributed by atoms with Crippen LogP contribution in [-0.4, -0.2) is 11.0 Å². The average Bonchev–Trinajstić information content (AvgIpc) is 2.43. The SMILES string of the molecule is Cc1ccc(F)cc1Oc1ccc(F)cc1/C(N)=N/O. The first-order valence-electron chi connectivity index (χ1n) is 5.72. The second-order valence-corrected chi connectivity index (χ2v) is 4.14. The molecular weight excluding hydrogens is 266 g/mol. The van der Waals surface area contributed by atoms with E-state index in [1.54, 1.807) is 13.0 Å². The van der Waals surface area contributed by atoms with Crippen LogP contribution < -0.4 is 10.5 Å². The molecule has 0 unspecified atom stereocenters. The number of benzene rings is 2. The molecule has 0 bridgehead atoms. The summed E-state index contributed by atoms with van der Waals surface area (Å²) in [5.74, 6) is -0.888. The number of oxime groups is 1. The maximum absolute atomic E-state index is 13.2. The van der Waals surface area contributed by atoms with E-state index in [9.17, 15) is 8.78 Å². The Bertz CT molecular complexity index is 672. The Morgan fingerprint density at radius 1 is 1.10 bits per heavy atom. The standard InChI is InChI=1S/C14H12F2N2O2/c1-8-2-3-10(16)7-13(8)20-12-5-4-9(15)6-11(12)14(17)18-19/h2-7,19H,1H3,(H2,17,18). The molecule has 0 saturated heterocycles. The third-order valence-electron chi connectivity index (χ3n) is 2.70. The van der Waals surface area contributed by atoms with Crippen LogP contribution in [0.3, 0.4) is 0 Å². The molecule has 0 fully saturated rings. The van der Waals surface area contributed by atoms with E-state index < -0.39 is 11.6 Å². The summed E-state index contributed by atoms with van der Waals surface area (Å²) >= 11 is 0. The minimum atomic E-state index is -0.560. The number of halogens is 2. The molecule has 2 rings (SSSR count). The molecule has 2 aromatic rings. The number of aryl methyl sites for hydroxylation is 1. The molecule has 0 saturated carbocycles. The summed E-state index contributed by atoms with van der Waals surface area (Å²) in [6.45, 7) is 1.74. The average molecular weight is 278 g/mol. The molecule has 20 heavy (non-hydrogen) atoms. The molecule has 3 N–H and O–H groups in total. The number of amidine groups is 1. The molecular formula is C14H12F2N2O2. The van der Waals surface area contributed by atoms with Crippen LogP contribution in [0.25, 0.3) is 0 Å². The molecule has 0 heterocycles. The van der Waals surface area contributed by atoms with E-state index in [-0.39, 0.29) is 22.9 Å². The van der Waals surface area contributed by atoms with Crippen LogP contribution in [0.4, 0.5) is 8.78 Å². The highest BCUT2D eigenvalue weighted by Crippen LogP contribution is 2.29. The van der Waals surface area contributed by atoms with Gasteiger partial charge in [0.1, 0.15) is 23.1 Å². The fourth-order valence-corrected chi connectivity index (χ4v) is 1.65. The van der Waals surface area contributed by atoms with E-state index in [4.69, 9.17) is 15.7 Å². The van der Waals surface area contributed by atoms with Crippen molar-refractivity contribution in [3.8, 4) is 11.5 Å². The van der Waals surface area contributed by atoms with Gasteiger partial charge in [0.15, 0.2) is 5.84 Å². The van der Waals surface area contributed by atoms with Gasteiger partial charge in [-0.2, -0.15) is 0 Å². The monoisotopic (exact) mass is 278 g/mol. The van der Waals surface area contributed by atoms with E-state index in [2.05, 4.69) is 5.16 Å². The lowest BCUT2D eigenvalue weighted by Crippen LogP contribution is -2.14. The second-order valence-electron chi connectivity index (χ2n) is 4.14. The molecule has 0 aliphatic heterocycles. The van der Waals surface area contributed by atoms with Crippen molar-refractivity contribution in [2.24, 2.45) is 10.9 Å². The molecule has 0 aliphatic carbocycles. The lowest BCUT2D eigenvalue weighted by molar-refractivity contribution is 0.318. The zero-order valence-electron chi connectivity index (χ0n) is 10.6. The normalized spacial score (nSPS) is 11.4. The Kier molecular flexibility index (Phi) is 3.84. The number of rotatable bonds is 3. The van der Waals surface area contributed by atoms with Gasteiger partial charge in [0.25, 0.3) is 0 Å². The highest BCUT2D eigenvalue weighted by molar-refractivity contribution is 5.99. The minimum Gasteiger partial charge on any atom is -0.456 e. The summed E-state index contributed by atoms with van der Waals surface area (Å²) in [6.07, 6.45) is 0. The van der Waals surface area contributed by atoms with Crippen LogP contribution in [0.5, 0.6) is 11.5 Å². The van der Waals surface area contributed by atoms with Crippen molar-refractivity contribution in [2.45, 2.75) is 6.92 Å². The molecule has 4 nitrogen and oxygen atoms in total. The van der Waals surface area contributed by atoms with Gasteiger partial charge in [0, 0.05) is 6.07 Å². The predicted molar refractivity (Wildman–Crippen MR) is 70.1 cm³/mol. The minimum absolute atomic E-state index is 0.0798. The van der Waals surface area contributed by atoms with E-state index in [1.807, 2.05) is 0 Å². The fraction of sp³-hybridized carbons (Fsp3) is 0.0714. The Morgan fingerprint density at radius 3 is 2.45 bits per heavy atom. The molecule has 2 aromatic carbocycles. The lowest BCUT2D eigenvalue weighted by Gasteiger charge is -2.12. The van der Waals surface area contributed by atoms with Gasteiger partial charge >= 0.3 is 0 Å². The van der Waals surface area contributed by atoms with Crippen LogP contribution in [0, 0.1) is 18.6 Å². The van der Waals surface area contributed by atoms with Crippen LogP contribution >= 0.6 is 0 Å². The number of ether oxygens (including phenoxy) is 1. The first kappa shape index (κ1) is 13.8. The molecule has 104 valence electrons. The molecule has 0 amide bonds. The Balaban J connectivity index is 2.46. The van der Waals surface area contributed by atoms with Gasteiger partial charge in [-0.1, -0.05) is 11.2 Å². The first-order chi connectivity index (χ1) is 9.51. The van der Waals surface area contributed by atoms with Crippen LogP contribution in [0.2, 0.25) is 0 Å². The van der Waals surface area contributed by atoms with Crippen molar-refractivity contribution < 1.29 is 18.7 Å². The molecule has 0 atom stereocenters. The zero-order valence-corrected chi connectivity index (χ0v) is 10.6. The summed E-state index contributed by atoms with van der Waals surface area (Å²) < 4.78 is 31.9. The molecule has 0 spiro atoms. The lowest BCUT2D eigenvalue weighted by atomic mass is 10.1. The van der Waals surface area contributed by atoms with E-state index in [1.165, 1.54) is 18.2 Å². The second kappa shape index (κ2) is 5.56. The Hall–Kier alpha value is -2.63. The van der Waals surface area contributed by atoms with E-state index >= 15 is 0 Å². The summed E-state index contributed by atoms with van der Waals surface area (Å²) in [5, 5.41) is 11.5. The number of nitrogens with zero attached hydrogens (tertiary/aromatic N) is 1. The zero-order chi connectivity index (χ0) is 14.7. The van der Waals surface area contributed by atoms with Crippen LogP contribution in [0.15, 0.2) is 41.6 Å². The number of hydrogen-bond acceptors (Lipinski definition) is 3. The summed E-state index contributed by atoms with van der Waals surface area (Å²) in [5.41, 5.74) is 6.24. The molecule has 0 aromatic heterocycles. The molecule has 0 radical (unpaired) electrons. The van der Waals surface area contributed by atoms with E-state index in [0.717, 1.165) is 12.1 Å². The summed E-state index contributed by atoms with van der Waals surface area (Å²) in [7, 11) is 0. The first-order valence-corrected chi connectivity index (χ1v) is 5.72. The molecule has 6 heteroatoms. The summed E-state index contributed by atoms with van der Waals surface area (Å²) in [6, 6.07) is 7.62. The quantitative estimate of drug-likeness (QED) is 0.392. The fourth-order valence-electron chi connectivity index (χ4n) is 1.65. The van der Waals surface area contributed by atoms with Crippen molar-refractivity contribution in [1.29, 1.82) is 0 Å². The van der Waals surface area contributed by atoms with Crippen LogP contribution in [0.1, 0.15) is 11.1 Å². The van der Waals surface area contributed by atoms with Gasteiger partial charge in [-0.15, -0.1) is 0 Å². The van der Waals surface area contributed by atoms with Gasteiger partial charge in [-0.05, 0) is 36.8 Å². The van der Waals surface area contributed by atoms with Crippen molar-refractivity contribution in [2.75, 3.05) is 0 Å². The predicted octanol–water partition coefficient (Wildman–Crippen LogP) is 3.16. The smallest absolute Gasteiger partial charge is 0.173 e. The van der Waals surface area contributed by atoms with Gasteiger partial charge in [-0.25, -0.2) is 8.78 Å². The maximum Gasteiger partial charge on any atom is 0.173 e. The highest BCUT2D eigenvalue weighted by Gasteiger charge is 2.12. The van der Waals surface area contributed by atoms with Crippen LogP contribution in [-0.2, 0) is 0 Å². The Morgan fingerprint density at radius 2 is 1.75 bits per heavy atom. The topological polar surface area (TPSA) is 67.8 Å². The van der Waals surface area contributed by atoms with Gasteiger partial charge in [0.05, 0.1) is 5.56 Å². The Labute approximate surface area is 114 Å². The van der Waals surface area contributed by atoms with Gasteiger partial charge < -0.3 is 15.7 Å². The van der Waals surface area contributed by atoms with Gasteiger partial charge in [-0.3, -0.25) is 0 Å². The third-order valence-corrected chi connectivity index (χ3v) is 2.70. The van der Waals surface area contributed by atoms with Crippen molar-refractivity contribution >= 4 is 5.84 Å². The molecule has 0 aliphatic rings. The van der Waals surface area contributed by atoms with Crippen molar-refractivity contribution in [3.05, 3.63) is 59.2 Å². The third kappa shape index (κ3) is 2.85. The van der Waals surface area contributed by atoms with Crippen molar-refractivity contribution in [3.63, 3.8) is 0 Å². The highest BCUT2D eigenvalue weighted by atomic mass is 19.1. The largest absolute Gasteiger partial charge is 0.456 e. The van der Waals surface area contributed by atoms with Crippen molar-refractivity contribution in [1.82, 2.24) is 0 Å². The number of nitrogens with two attached hydrogens (primary N) is 1. The van der Waals surface area contributed by atoms with E-state index in [0.29, 0.717) is 5.56 Å². The summed E-state index contributed by atoms with van der Waals surface area (Å²) in [4.78, 5) is 0.